The van der Waals surface area contributed by atoms with Crippen molar-refractivity contribution in [2.45, 2.75) is 26.8 Å². The fraction of sp³-hybridized carbons (Fsp3) is 0.312. The maximum Gasteiger partial charge on any atom is 0.232 e. The Labute approximate surface area is 143 Å². The summed E-state index contributed by atoms with van der Waals surface area (Å²) in [6, 6.07) is 6.75. The van der Waals surface area contributed by atoms with Crippen molar-refractivity contribution in [2.75, 3.05) is 16.0 Å². The van der Waals surface area contributed by atoms with Crippen LogP contribution in [0, 0.1) is 12.8 Å². The van der Waals surface area contributed by atoms with Gasteiger partial charge in [0.15, 0.2) is 0 Å². The summed E-state index contributed by atoms with van der Waals surface area (Å²) in [5.41, 5.74) is 1.24. The minimum Gasteiger partial charge on any atom is -0.326 e. The van der Waals surface area contributed by atoms with E-state index in [0.717, 1.165) is 0 Å². The molecule has 3 rings (SSSR count). The highest BCUT2D eigenvalue weighted by Crippen LogP contribution is 2.20. The van der Waals surface area contributed by atoms with Gasteiger partial charge in [-0.25, -0.2) is 4.68 Å². The highest BCUT2D eigenvalue weighted by molar-refractivity contribution is 5.98. The van der Waals surface area contributed by atoms with Gasteiger partial charge in [-0.15, -0.1) is 0 Å². The van der Waals surface area contributed by atoms with Crippen molar-refractivity contribution in [3.63, 3.8) is 0 Å². The number of hydrogen-bond acceptors (Lipinski definition) is 5. The van der Waals surface area contributed by atoms with E-state index < -0.39 is 5.92 Å². The lowest BCUT2D eigenvalue weighted by Crippen LogP contribution is -2.36. The summed E-state index contributed by atoms with van der Waals surface area (Å²) in [6.07, 6.45) is 0.0393. The average molecular weight is 342 g/mol. The number of fused-ring (bicyclic) bond motifs is 1. The van der Waals surface area contributed by atoms with E-state index in [1.807, 2.05) is 0 Å². The second kappa shape index (κ2) is 6.71. The molecule has 1 aromatic heterocycles. The molecule has 0 bridgehead atoms. The molecule has 1 atom stereocenters. The average Bonchev–Trinajstić information content (AvgIpc) is 2.88. The smallest absolute Gasteiger partial charge is 0.232 e. The second-order valence-corrected chi connectivity index (χ2v) is 5.86. The van der Waals surface area contributed by atoms with Crippen LogP contribution in [0.15, 0.2) is 24.3 Å². The molecule has 0 saturated heterocycles. The van der Waals surface area contributed by atoms with Gasteiger partial charge in [-0.3, -0.25) is 19.7 Å². The standard InChI is InChI=1S/C16H18N6O3/c1-9-17-16-20-15(25)11(8-22(16)21-9)7-14(24)19-13-5-3-12(4-6-13)18-10(2)23/h3-6,11H,7-8H2,1-2H3,(H,18,23)(H,19,24)(H,17,20,21,25)/t11-/m1/s1. The van der Waals surface area contributed by atoms with Gasteiger partial charge in [0.25, 0.3) is 0 Å². The van der Waals surface area contributed by atoms with Crippen LogP contribution in [0.2, 0.25) is 0 Å². The van der Waals surface area contributed by atoms with Gasteiger partial charge in [-0.2, -0.15) is 10.1 Å². The number of carbonyl (C=O) groups is 3. The predicted molar refractivity (Wildman–Crippen MR) is 90.9 cm³/mol. The van der Waals surface area contributed by atoms with Crippen LogP contribution in [-0.2, 0) is 20.9 Å². The zero-order valence-electron chi connectivity index (χ0n) is 13.9. The molecular weight excluding hydrogens is 324 g/mol. The molecule has 0 fully saturated rings. The lowest BCUT2D eigenvalue weighted by Gasteiger charge is -2.21. The summed E-state index contributed by atoms with van der Waals surface area (Å²) in [7, 11) is 0. The van der Waals surface area contributed by atoms with E-state index in [0.29, 0.717) is 29.7 Å². The predicted octanol–water partition coefficient (Wildman–Crippen LogP) is 1.14. The van der Waals surface area contributed by atoms with E-state index >= 15 is 0 Å². The van der Waals surface area contributed by atoms with Gasteiger partial charge in [0.1, 0.15) is 5.82 Å². The number of nitrogens with one attached hydrogen (secondary N) is 3. The first kappa shape index (κ1) is 16.6. The molecule has 9 heteroatoms. The maximum atomic E-state index is 12.2. The van der Waals surface area contributed by atoms with Gasteiger partial charge in [-0.05, 0) is 31.2 Å². The minimum absolute atomic E-state index is 0.0393. The zero-order chi connectivity index (χ0) is 18.0. The van der Waals surface area contributed by atoms with Crippen LogP contribution in [0.25, 0.3) is 0 Å². The first-order valence-electron chi connectivity index (χ1n) is 7.80. The number of anilines is 3. The van der Waals surface area contributed by atoms with Gasteiger partial charge in [0.05, 0.1) is 12.5 Å². The molecular formula is C16H18N6O3. The fourth-order valence-electron chi connectivity index (χ4n) is 2.61. The maximum absolute atomic E-state index is 12.2. The molecule has 3 amide bonds. The van der Waals surface area contributed by atoms with Gasteiger partial charge in [0, 0.05) is 24.7 Å². The van der Waals surface area contributed by atoms with Gasteiger partial charge >= 0.3 is 0 Å². The summed E-state index contributed by atoms with van der Waals surface area (Å²) < 4.78 is 1.59. The monoisotopic (exact) mass is 342 g/mol. The topological polar surface area (TPSA) is 118 Å². The molecule has 1 aliphatic rings. The Hall–Kier alpha value is -3.23. The first-order valence-corrected chi connectivity index (χ1v) is 7.80. The Balaban J connectivity index is 1.59. The molecule has 0 saturated carbocycles. The van der Waals surface area contributed by atoms with Crippen molar-refractivity contribution in [1.29, 1.82) is 0 Å². The molecule has 0 unspecified atom stereocenters. The van der Waals surface area contributed by atoms with Crippen LogP contribution in [0.4, 0.5) is 17.3 Å². The Kier molecular flexibility index (Phi) is 4.46. The van der Waals surface area contributed by atoms with Crippen molar-refractivity contribution >= 4 is 35.0 Å². The van der Waals surface area contributed by atoms with E-state index in [-0.39, 0.29) is 24.1 Å². The van der Waals surface area contributed by atoms with Crippen LogP contribution in [0.1, 0.15) is 19.2 Å². The highest BCUT2D eigenvalue weighted by atomic mass is 16.2. The number of carbonyl (C=O) groups excluding carboxylic acids is 3. The Bertz CT molecular complexity index is 827. The summed E-state index contributed by atoms with van der Waals surface area (Å²) in [4.78, 5) is 39.4. The molecule has 25 heavy (non-hydrogen) atoms. The van der Waals surface area contributed by atoms with Crippen LogP contribution in [0.3, 0.4) is 0 Å². The number of aryl methyl sites for hydroxylation is 1. The number of benzene rings is 1. The molecule has 9 nitrogen and oxygen atoms in total. The molecule has 0 aliphatic carbocycles. The van der Waals surface area contributed by atoms with Crippen molar-refractivity contribution in [3.8, 4) is 0 Å². The fourth-order valence-corrected chi connectivity index (χ4v) is 2.61. The molecule has 1 aromatic carbocycles. The normalized spacial score (nSPS) is 15.9. The third-order valence-electron chi connectivity index (χ3n) is 3.70. The summed E-state index contributed by atoms with van der Waals surface area (Å²) in [6.45, 7) is 3.48. The molecule has 3 N–H and O–H groups in total. The quantitative estimate of drug-likeness (QED) is 0.770. The van der Waals surface area contributed by atoms with Gasteiger partial charge < -0.3 is 10.6 Å². The largest absolute Gasteiger partial charge is 0.326 e. The van der Waals surface area contributed by atoms with Crippen LogP contribution < -0.4 is 16.0 Å². The molecule has 2 heterocycles. The van der Waals surface area contributed by atoms with E-state index in [2.05, 4.69) is 26.0 Å². The first-order chi connectivity index (χ1) is 11.9. The van der Waals surface area contributed by atoms with Crippen molar-refractivity contribution in [2.24, 2.45) is 5.92 Å². The SMILES string of the molecule is CC(=O)Nc1ccc(NC(=O)C[C@@H]2Cn3nc(C)nc3NC2=O)cc1. The van der Waals surface area contributed by atoms with Crippen molar-refractivity contribution in [3.05, 3.63) is 30.1 Å². The minimum atomic E-state index is -0.507. The number of rotatable bonds is 4. The number of amides is 3. The van der Waals surface area contributed by atoms with Crippen LogP contribution in [0.5, 0.6) is 0 Å². The van der Waals surface area contributed by atoms with E-state index in [4.69, 9.17) is 0 Å². The van der Waals surface area contributed by atoms with Crippen LogP contribution in [-0.4, -0.2) is 32.5 Å². The molecule has 2 aromatic rings. The van der Waals surface area contributed by atoms with Crippen molar-refractivity contribution in [1.82, 2.24) is 14.8 Å². The second-order valence-electron chi connectivity index (χ2n) is 5.86. The van der Waals surface area contributed by atoms with E-state index in [1.54, 1.807) is 35.9 Å². The summed E-state index contributed by atoms with van der Waals surface area (Å²) in [5, 5.41) is 12.2. The molecule has 0 radical (unpaired) electrons. The highest BCUT2D eigenvalue weighted by Gasteiger charge is 2.29. The Morgan fingerprint density at radius 2 is 1.88 bits per heavy atom. The third-order valence-corrected chi connectivity index (χ3v) is 3.70. The number of nitrogens with zero attached hydrogens (tertiary/aromatic N) is 3. The van der Waals surface area contributed by atoms with Gasteiger partial charge in [0.2, 0.25) is 23.7 Å². The molecule has 130 valence electrons. The number of hydrogen-bond donors (Lipinski definition) is 3. The Morgan fingerprint density at radius 3 is 2.52 bits per heavy atom. The van der Waals surface area contributed by atoms with Crippen LogP contribution >= 0.6 is 0 Å². The lowest BCUT2D eigenvalue weighted by molar-refractivity contribution is -0.126. The van der Waals surface area contributed by atoms with Crippen molar-refractivity contribution < 1.29 is 14.4 Å². The Morgan fingerprint density at radius 1 is 1.24 bits per heavy atom. The van der Waals surface area contributed by atoms with Gasteiger partial charge in [-0.1, -0.05) is 0 Å². The zero-order valence-corrected chi connectivity index (χ0v) is 13.9. The lowest BCUT2D eigenvalue weighted by atomic mass is 10.0. The number of aromatic nitrogens is 3. The van der Waals surface area contributed by atoms with E-state index in [1.165, 1.54) is 6.92 Å². The molecule has 0 spiro atoms. The van der Waals surface area contributed by atoms with E-state index in [9.17, 15) is 14.4 Å². The third kappa shape index (κ3) is 4.00. The molecule has 1 aliphatic heterocycles. The summed E-state index contributed by atoms with van der Waals surface area (Å²) >= 11 is 0. The summed E-state index contributed by atoms with van der Waals surface area (Å²) in [5.74, 6) is -0.203.